The van der Waals surface area contributed by atoms with Gasteiger partial charge in [-0.2, -0.15) is 0 Å². The molecule has 4 heteroatoms. The van der Waals surface area contributed by atoms with Crippen molar-refractivity contribution in [3.05, 3.63) is 29.8 Å². The van der Waals surface area contributed by atoms with E-state index in [9.17, 15) is 9.90 Å². The number of hydrogen-bond donors (Lipinski definition) is 1. The van der Waals surface area contributed by atoms with Gasteiger partial charge in [0.25, 0.3) is 0 Å². The van der Waals surface area contributed by atoms with E-state index in [1.165, 1.54) is 0 Å². The molecule has 0 aromatic heterocycles. The molecule has 1 aliphatic rings. The molecule has 1 fully saturated rings. The quantitative estimate of drug-likeness (QED) is 0.852. The summed E-state index contributed by atoms with van der Waals surface area (Å²) in [4.78, 5) is 16.4. The normalized spacial score (nSPS) is 17.5. The number of hydrogen-bond acceptors (Lipinski definition) is 3. The molecule has 18 heavy (non-hydrogen) atoms. The molecule has 4 nitrogen and oxygen atoms in total. The number of carbonyl (C=O) groups is 1. The Morgan fingerprint density at radius 2 is 1.89 bits per heavy atom. The lowest BCUT2D eigenvalue weighted by atomic mass is 10.1. The molecule has 0 radical (unpaired) electrons. The van der Waals surface area contributed by atoms with E-state index in [1.807, 2.05) is 4.90 Å². The number of phenols is 1. The number of phenolic OH excluding ortho intramolecular Hbond substituents is 1. The van der Waals surface area contributed by atoms with Gasteiger partial charge in [-0.3, -0.25) is 4.79 Å². The van der Waals surface area contributed by atoms with Crippen molar-refractivity contribution < 1.29 is 9.90 Å². The highest BCUT2D eigenvalue weighted by atomic mass is 16.3. The van der Waals surface area contributed by atoms with Crippen LogP contribution in [-0.2, 0) is 11.2 Å². The van der Waals surface area contributed by atoms with Crippen molar-refractivity contribution in [3.63, 3.8) is 0 Å². The van der Waals surface area contributed by atoms with E-state index in [0.717, 1.165) is 38.2 Å². The summed E-state index contributed by atoms with van der Waals surface area (Å²) in [6.45, 7) is 3.67. The smallest absolute Gasteiger partial charge is 0.227 e. The Bertz CT molecular complexity index is 403. The largest absolute Gasteiger partial charge is 0.508 e. The van der Waals surface area contributed by atoms with Crippen LogP contribution in [0.15, 0.2) is 24.3 Å². The summed E-state index contributed by atoms with van der Waals surface area (Å²) in [5.74, 6) is 0.415. The summed E-state index contributed by atoms with van der Waals surface area (Å²) < 4.78 is 0. The second kappa shape index (κ2) is 5.87. The lowest BCUT2D eigenvalue weighted by molar-refractivity contribution is -0.130. The summed E-state index contributed by atoms with van der Waals surface area (Å²) in [6.07, 6.45) is 1.46. The van der Waals surface area contributed by atoms with Crippen LogP contribution < -0.4 is 0 Å². The van der Waals surface area contributed by atoms with Gasteiger partial charge in [0.05, 0.1) is 6.42 Å². The molecule has 98 valence electrons. The standard InChI is InChI=1S/C14H20N2O2/c1-15-7-2-8-16(10-9-15)14(18)11-12-3-5-13(17)6-4-12/h3-6,17H,2,7-11H2,1H3. The molecular weight excluding hydrogens is 228 g/mol. The summed E-state index contributed by atoms with van der Waals surface area (Å²) in [6, 6.07) is 6.85. The molecule has 0 saturated carbocycles. The van der Waals surface area contributed by atoms with Crippen molar-refractivity contribution in [2.24, 2.45) is 0 Å². The molecule has 0 spiro atoms. The minimum Gasteiger partial charge on any atom is -0.508 e. The van der Waals surface area contributed by atoms with Crippen molar-refractivity contribution in [1.82, 2.24) is 9.80 Å². The number of nitrogens with zero attached hydrogens (tertiary/aromatic N) is 2. The maximum Gasteiger partial charge on any atom is 0.227 e. The number of rotatable bonds is 2. The Balaban J connectivity index is 1.92. The first-order valence-electron chi connectivity index (χ1n) is 6.39. The molecule has 1 amide bonds. The first-order valence-corrected chi connectivity index (χ1v) is 6.39. The van der Waals surface area contributed by atoms with E-state index >= 15 is 0 Å². The monoisotopic (exact) mass is 248 g/mol. The van der Waals surface area contributed by atoms with Gasteiger partial charge in [0, 0.05) is 19.6 Å². The van der Waals surface area contributed by atoms with Crippen LogP contribution in [0.4, 0.5) is 0 Å². The highest BCUT2D eigenvalue weighted by Crippen LogP contribution is 2.11. The Labute approximate surface area is 108 Å². The first-order chi connectivity index (χ1) is 8.65. The van der Waals surface area contributed by atoms with E-state index < -0.39 is 0 Å². The highest BCUT2D eigenvalue weighted by molar-refractivity contribution is 5.78. The van der Waals surface area contributed by atoms with Crippen LogP contribution in [0.1, 0.15) is 12.0 Å². The minimum absolute atomic E-state index is 0.177. The van der Waals surface area contributed by atoms with Crippen molar-refractivity contribution in [3.8, 4) is 5.75 Å². The topological polar surface area (TPSA) is 43.8 Å². The molecule has 1 N–H and O–H groups in total. The third-order valence-corrected chi connectivity index (χ3v) is 3.36. The van der Waals surface area contributed by atoms with Gasteiger partial charge in [0.1, 0.15) is 5.75 Å². The lowest BCUT2D eigenvalue weighted by Gasteiger charge is -2.20. The average Bonchev–Trinajstić information content (AvgIpc) is 2.57. The molecular formula is C14H20N2O2. The zero-order chi connectivity index (χ0) is 13.0. The molecule has 1 heterocycles. The molecule has 0 atom stereocenters. The zero-order valence-corrected chi connectivity index (χ0v) is 10.8. The fraction of sp³-hybridized carbons (Fsp3) is 0.500. The molecule has 1 aromatic carbocycles. The van der Waals surface area contributed by atoms with E-state index in [4.69, 9.17) is 0 Å². The SMILES string of the molecule is CN1CCCN(C(=O)Cc2ccc(O)cc2)CC1. The third kappa shape index (κ3) is 3.47. The molecule has 0 unspecified atom stereocenters. The van der Waals surface area contributed by atoms with Crippen molar-refractivity contribution in [2.75, 3.05) is 33.2 Å². The maximum absolute atomic E-state index is 12.2. The van der Waals surface area contributed by atoms with Gasteiger partial charge in [-0.05, 0) is 37.7 Å². The van der Waals surface area contributed by atoms with Gasteiger partial charge in [0.15, 0.2) is 0 Å². The fourth-order valence-corrected chi connectivity index (χ4v) is 2.20. The van der Waals surface area contributed by atoms with Gasteiger partial charge < -0.3 is 14.9 Å². The van der Waals surface area contributed by atoms with Gasteiger partial charge >= 0.3 is 0 Å². The Morgan fingerprint density at radius 3 is 2.61 bits per heavy atom. The van der Waals surface area contributed by atoms with E-state index in [1.54, 1.807) is 24.3 Å². The van der Waals surface area contributed by atoms with Crippen molar-refractivity contribution in [2.45, 2.75) is 12.8 Å². The van der Waals surface area contributed by atoms with Crippen LogP contribution in [0.2, 0.25) is 0 Å². The van der Waals surface area contributed by atoms with Crippen LogP contribution in [0.25, 0.3) is 0 Å². The van der Waals surface area contributed by atoms with Gasteiger partial charge in [-0.1, -0.05) is 12.1 Å². The Hall–Kier alpha value is -1.55. The predicted octanol–water partition coefficient (Wildman–Crippen LogP) is 1.10. The number of amides is 1. The zero-order valence-electron chi connectivity index (χ0n) is 10.8. The molecule has 1 aliphatic heterocycles. The van der Waals surface area contributed by atoms with Crippen molar-refractivity contribution >= 4 is 5.91 Å². The number of carbonyl (C=O) groups excluding carboxylic acids is 1. The lowest BCUT2D eigenvalue weighted by Crippen LogP contribution is -2.35. The van der Waals surface area contributed by atoms with Gasteiger partial charge in [-0.25, -0.2) is 0 Å². The Morgan fingerprint density at radius 1 is 1.17 bits per heavy atom. The fourth-order valence-electron chi connectivity index (χ4n) is 2.20. The van der Waals surface area contributed by atoms with Gasteiger partial charge in [0.2, 0.25) is 5.91 Å². The van der Waals surface area contributed by atoms with Crippen LogP contribution in [-0.4, -0.2) is 54.0 Å². The predicted molar refractivity (Wildman–Crippen MR) is 70.5 cm³/mol. The third-order valence-electron chi connectivity index (χ3n) is 3.36. The average molecular weight is 248 g/mol. The number of benzene rings is 1. The summed E-state index contributed by atoms with van der Waals surface area (Å²) in [7, 11) is 2.09. The van der Waals surface area contributed by atoms with Crippen LogP contribution in [0, 0.1) is 0 Å². The highest BCUT2D eigenvalue weighted by Gasteiger charge is 2.17. The van der Waals surface area contributed by atoms with Gasteiger partial charge in [-0.15, -0.1) is 0 Å². The van der Waals surface area contributed by atoms with Crippen molar-refractivity contribution in [1.29, 1.82) is 0 Å². The number of likely N-dealkylation sites (N-methyl/N-ethyl adjacent to an activating group) is 1. The first kappa shape index (κ1) is 12.9. The molecule has 1 saturated heterocycles. The van der Waals surface area contributed by atoms with Crippen LogP contribution in [0.3, 0.4) is 0 Å². The second-order valence-electron chi connectivity index (χ2n) is 4.88. The Kier molecular flexibility index (Phi) is 4.20. The molecule has 0 bridgehead atoms. The summed E-state index contributed by atoms with van der Waals surface area (Å²) >= 11 is 0. The van der Waals surface area contributed by atoms with Crippen LogP contribution >= 0.6 is 0 Å². The minimum atomic E-state index is 0.177. The second-order valence-corrected chi connectivity index (χ2v) is 4.88. The number of aromatic hydroxyl groups is 1. The van der Waals surface area contributed by atoms with Crippen LogP contribution in [0.5, 0.6) is 5.75 Å². The van der Waals surface area contributed by atoms with E-state index in [-0.39, 0.29) is 11.7 Å². The molecule has 1 aromatic rings. The molecule has 2 rings (SSSR count). The summed E-state index contributed by atoms with van der Waals surface area (Å²) in [5, 5.41) is 9.21. The van der Waals surface area contributed by atoms with E-state index in [0.29, 0.717) is 6.42 Å². The molecule has 0 aliphatic carbocycles. The summed E-state index contributed by atoms with van der Waals surface area (Å²) in [5.41, 5.74) is 0.954. The maximum atomic E-state index is 12.2. The van der Waals surface area contributed by atoms with E-state index in [2.05, 4.69) is 11.9 Å².